The second kappa shape index (κ2) is 5.38. The first-order valence-electron chi connectivity index (χ1n) is 5.26. The van der Waals surface area contributed by atoms with Crippen molar-refractivity contribution in [2.45, 2.75) is 0 Å². The molecule has 1 amide bonds. The van der Waals surface area contributed by atoms with Crippen molar-refractivity contribution in [3.05, 3.63) is 52.0 Å². The summed E-state index contributed by atoms with van der Waals surface area (Å²) < 4.78 is 0. The maximum absolute atomic E-state index is 11.9. The maximum atomic E-state index is 11.9. The number of benzene rings is 2. The summed E-state index contributed by atoms with van der Waals surface area (Å²) in [5.74, 6) is -0.554. The Morgan fingerprint density at radius 2 is 1.53 bits per heavy atom. The Hall–Kier alpha value is -1.91. The number of phenolic OH excluding ortho intramolecular Hbond substituents is 2. The van der Waals surface area contributed by atoms with Crippen molar-refractivity contribution < 1.29 is 15.0 Å². The molecule has 0 aliphatic heterocycles. The zero-order valence-electron chi connectivity index (χ0n) is 9.52. The van der Waals surface area contributed by atoms with E-state index in [-0.39, 0.29) is 21.5 Å². The Balaban J connectivity index is 2.20. The second-order valence-corrected chi connectivity index (χ2v) is 4.60. The normalized spacial score (nSPS) is 10.2. The first-order valence-corrected chi connectivity index (χ1v) is 6.01. The third-order valence-corrected chi connectivity index (χ3v) is 3.02. The number of rotatable bonds is 2. The van der Waals surface area contributed by atoms with Gasteiger partial charge in [0.1, 0.15) is 11.5 Å². The molecule has 0 saturated heterocycles. The lowest BCUT2D eigenvalue weighted by molar-refractivity contribution is 0.102. The summed E-state index contributed by atoms with van der Waals surface area (Å²) in [5, 5.41) is 21.4. The molecule has 0 aliphatic carbocycles. The summed E-state index contributed by atoms with van der Waals surface area (Å²) in [6.45, 7) is 0. The van der Waals surface area contributed by atoms with E-state index in [0.29, 0.717) is 11.3 Å². The molecule has 0 bridgehead atoms. The first kappa shape index (κ1) is 13.5. The summed E-state index contributed by atoms with van der Waals surface area (Å²) in [5.41, 5.74) is 0.740. The fourth-order valence-corrected chi connectivity index (χ4v) is 1.80. The van der Waals surface area contributed by atoms with Gasteiger partial charge in [-0.1, -0.05) is 23.2 Å². The van der Waals surface area contributed by atoms with E-state index in [1.165, 1.54) is 36.4 Å². The van der Waals surface area contributed by atoms with Crippen LogP contribution < -0.4 is 5.32 Å². The Bertz CT molecular complexity index is 644. The topological polar surface area (TPSA) is 69.6 Å². The van der Waals surface area contributed by atoms with Crippen molar-refractivity contribution in [1.29, 1.82) is 0 Å². The molecule has 0 aliphatic rings. The van der Waals surface area contributed by atoms with Gasteiger partial charge < -0.3 is 15.5 Å². The summed E-state index contributed by atoms with van der Waals surface area (Å²) in [7, 11) is 0. The zero-order valence-corrected chi connectivity index (χ0v) is 11.0. The van der Waals surface area contributed by atoms with E-state index in [4.69, 9.17) is 23.2 Å². The SMILES string of the molecule is O=C(Nc1ccc(O)c(Cl)c1)c1ccc(O)c(Cl)c1. The quantitative estimate of drug-likeness (QED) is 0.741. The van der Waals surface area contributed by atoms with Crippen molar-refractivity contribution in [2.24, 2.45) is 0 Å². The third kappa shape index (κ3) is 3.10. The Morgan fingerprint density at radius 1 is 0.947 bits per heavy atom. The highest BCUT2D eigenvalue weighted by molar-refractivity contribution is 6.33. The lowest BCUT2D eigenvalue weighted by Gasteiger charge is -2.07. The van der Waals surface area contributed by atoms with E-state index in [9.17, 15) is 15.0 Å². The van der Waals surface area contributed by atoms with Gasteiger partial charge in [0.15, 0.2) is 0 Å². The molecule has 2 rings (SSSR count). The van der Waals surface area contributed by atoms with Crippen molar-refractivity contribution >= 4 is 34.8 Å². The highest BCUT2D eigenvalue weighted by Gasteiger charge is 2.09. The van der Waals surface area contributed by atoms with Crippen LogP contribution in [0.2, 0.25) is 10.0 Å². The molecule has 0 atom stereocenters. The van der Waals surface area contributed by atoms with Crippen molar-refractivity contribution in [3.8, 4) is 11.5 Å². The molecule has 4 nitrogen and oxygen atoms in total. The molecule has 98 valence electrons. The monoisotopic (exact) mass is 297 g/mol. The van der Waals surface area contributed by atoms with Gasteiger partial charge in [0.25, 0.3) is 5.91 Å². The lowest BCUT2D eigenvalue weighted by atomic mass is 10.2. The number of nitrogens with one attached hydrogen (secondary N) is 1. The number of hydrogen-bond donors (Lipinski definition) is 3. The number of halogens is 2. The van der Waals surface area contributed by atoms with Gasteiger partial charge >= 0.3 is 0 Å². The van der Waals surface area contributed by atoms with Crippen LogP contribution in [0.3, 0.4) is 0 Å². The number of amides is 1. The average Bonchev–Trinajstić information content (AvgIpc) is 2.37. The molecule has 0 heterocycles. The van der Waals surface area contributed by atoms with Crippen LogP contribution in [-0.2, 0) is 0 Å². The third-order valence-electron chi connectivity index (χ3n) is 2.42. The fourth-order valence-electron chi connectivity index (χ4n) is 1.44. The number of aromatic hydroxyl groups is 2. The van der Waals surface area contributed by atoms with Gasteiger partial charge in [0, 0.05) is 11.3 Å². The zero-order chi connectivity index (χ0) is 14.0. The molecule has 0 spiro atoms. The van der Waals surface area contributed by atoms with Crippen LogP contribution in [0.25, 0.3) is 0 Å². The number of anilines is 1. The average molecular weight is 298 g/mol. The molecule has 0 unspecified atom stereocenters. The molecule has 0 radical (unpaired) electrons. The van der Waals surface area contributed by atoms with E-state index >= 15 is 0 Å². The number of carbonyl (C=O) groups excluding carboxylic acids is 1. The minimum atomic E-state index is -0.399. The van der Waals surface area contributed by atoms with Crippen LogP contribution in [-0.4, -0.2) is 16.1 Å². The van der Waals surface area contributed by atoms with Crippen molar-refractivity contribution in [2.75, 3.05) is 5.32 Å². The van der Waals surface area contributed by atoms with E-state index < -0.39 is 5.91 Å². The van der Waals surface area contributed by atoms with E-state index in [0.717, 1.165) is 0 Å². The first-order chi connectivity index (χ1) is 8.97. The molecule has 0 aromatic heterocycles. The molecule has 3 N–H and O–H groups in total. The van der Waals surface area contributed by atoms with Gasteiger partial charge in [-0.05, 0) is 36.4 Å². The minimum Gasteiger partial charge on any atom is -0.506 e. The molecule has 19 heavy (non-hydrogen) atoms. The van der Waals surface area contributed by atoms with Crippen LogP contribution in [0.15, 0.2) is 36.4 Å². The van der Waals surface area contributed by atoms with Crippen molar-refractivity contribution in [3.63, 3.8) is 0 Å². The molecular weight excluding hydrogens is 289 g/mol. The Labute approximate surface area is 119 Å². The number of phenols is 2. The largest absolute Gasteiger partial charge is 0.506 e. The molecule has 2 aromatic carbocycles. The second-order valence-electron chi connectivity index (χ2n) is 3.79. The van der Waals surface area contributed by atoms with Gasteiger partial charge in [-0.3, -0.25) is 4.79 Å². The molecular formula is C13H9Cl2NO3. The van der Waals surface area contributed by atoms with Crippen LogP contribution >= 0.6 is 23.2 Å². The fraction of sp³-hybridized carbons (Fsp3) is 0. The molecule has 0 fully saturated rings. The van der Waals surface area contributed by atoms with Gasteiger partial charge in [-0.25, -0.2) is 0 Å². The molecule has 0 saturated carbocycles. The predicted octanol–water partition coefficient (Wildman–Crippen LogP) is 3.66. The summed E-state index contributed by atoms with van der Waals surface area (Å²) in [6, 6.07) is 8.45. The molecule has 6 heteroatoms. The Morgan fingerprint density at radius 3 is 2.11 bits per heavy atom. The number of carbonyl (C=O) groups is 1. The minimum absolute atomic E-state index is 0.0626. The number of hydrogen-bond acceptors (Lipinski definition) is 3. The predicted molar refractivity (Wildman–Crippen MR) is 74.2 cm³/mol. The van der Waals surface area contributed by atoms with Gasteiger partial charge in [0.2, 0.25) is 0 Å². The van der Waals surface area contributed by atoms with E-state index in [1.807, 2.05) is 0 Å². The van der Waals surface area contributed by atoms with Crippen LogP contribution in [0.5, 0.6) is 11.5 Å². The highest BCUT2D eigenvalue weighted by Crippen LogP contribution is 2.27. The van der Waals surface area contributed by atoms with Gasteiger partial charge in [-0.2, -0.15) is 0 Å². The van der Waals surface area contributed by atoms with E-state index in [2.05, 4.69) is 5.32 Å². The van der Waals surface area contributed by atoms with Crippen LogP contribution in [0.4, 0.5) is 5.69 Å². The van der Waals surface area contributed by atoms with Gasteiger partial charge in [-0.15, -0.1) is 0 Å². The van der Waals surface area contributed by atoms with Gasteiger partial charge in [0.05, 0.1) is 10.0 Å². The summed E-state index contributed by atoms with van der Waals surface area (Å²) in [6.07, 6.45) is 0. The summed E-state index contributed by atoms with van der Waals surface area (Å²) >= 11 is 11.5. The smallest absolute Gasteiger partial charge is 0.255 e. The van der Waals surface area contributed by atoms with Crippen LogP contribution in [0.1, 0.15) is 10.4 Å². The highest BCUT2D eigenvalue weighted by atomic mass is 35.5. The molecule has 2 aromatic rings. The maximum Gasteiger partial charge on any atom is 0.255 e. The van der Waals surface area contributed by atoms with Crippen LogP contribution in [0, 0.1) is 0 Å². The standard InChI is InChI=1S/C13H9Cl2NO3/c14-9-5-7(1-3-11(9)17)13(19)16-8-2-4-12(18)10(15)6-8/h1-6,17-18H,(H,16,19). The van der Waals surface area contributed by atoms with Crippen molar-refractivity contribution in [1.82, 2.24) is 0 Å². The summed E-state index contributed by atoms with van der Waals surface area (Å²) in [4.78, 5) is 11.9. The Kier molecular flexibility index (Phi) is 3.83. The van der Waals surface area contributed by atoms with E-state index in [1.54, 1.807) is 0 Å². The lowest BCUT2D eigenvalue weighted by Crippen LogP contribution is -2.11.